The molecule has 0 aliphatic heterocycles. The van der Waals surface area contributed by atoms with Gasteiger partial charge in [0.1, 0.15) is 24.2 Å². The molecule has 0 aliphatic carbocycles. The summed E-state index contributed by atoms with van der Waals surface area (Å²) in [5, 5.41) is 9.39. The van der Waals surface area contributed by atoms with Crippen LogP contribution < -0.4 is 9.47 Å². The number of halogens is 1. The van der Waals surface area contributed by atoms with Crippen LogP contribution in [-0.4, -0.2) is 17.2 Å². The summed E-state index contributed by atoms with van der Waals surface area (Å²) in [5.41, 5.74) is 1.03. The van der Waals surface area contributed by atoms with Crippen molar-refractivity contribution in [3.8, 4) is 11.5 Å². The topological polar surface area (TPSA) is 55.8 Å². The molecule has 1 atom stereocenters. The van der Waals surface area contributed by atoms with E-state index in [1.165, 1.54) is 0 Å². The maximum absolute atomic E-state index is 10.6. The molecule has 0 saturated carbocycles. The van der Waals surface area contributed by atoms with Crippen LogP contribution in [0.15, 0.2) is 48.5 Å². The van der Waals surface area contributed by atoms with Crippen LogP contribution in [0.5, 0.6) is 11.5 Å². The first-order chi connectivity index (χ1) is 10.5. The van der Waals surface area contributed by atoms with Crippen molar-refractivity contribution in [3.05, 3.63) is 59.1 Å². The average Bonchev–Trinajstić information content (AvgIpc) is 2.47. The van der Waals surface area contributed by atoms with Gasteiger partial charge in [0.05, 0.1) is 6.42 Å². The Bertz CT molecular complexity index is 608. The molecule has 2 rings (SSSR count). The smallest absolute Gasteiger partial charge is 0.307 e. The first-order valence-corrected chi connectivity index (χ1v) is 7.26. The molecule has 116 valence electrons. The summed E-state index contributed by atoms with van der Waals surface area (Å²) in [7, 11) is 0. The van der Waals surface area contributed by atoms with Crippen LogP contribution in [0.1, 0.15) is 18.9 Å². The van der Waals surface area contributed by atoms with E-state index in [1.54, 1.807) is 31.2 Å². The normalized spacial score (nSPS) is 11.7. The maximum atomic E-state index is 10.6. The first kappa shape index (κ1) is 16.2. The summed E-state index contributed by atoms with van der Waals surface area (Å²) in [6.07, 6.45) is -0.409. The van der Waals surface area contributed by atoms with Crippen molar-refractivity contribution >= 4 is 17.6 Å². The Balaban J connectivity index is 1.86. The highest BCUT2D eigenvalue weighted by Gasteiger charge is 2.09. The van der Waals surface area contributed by atoms with Gasteiger partial charge in [-0.15, -0.1) is 0 Å². The van der Waals surface area contributed by atoms with Crippen LogP contribution in [0.25, 0.3) is 0 Å². The number of benzene rings is 2. The SMILES string of the molecule is C[C@H](CC(=O)O)Oc1ccc(OCc2ccc(Cl)cc2)cc1. The Hall–Kier alpha value is -2.20. The first-order valence-electron chi connectivity index (χ1n) is 6.88. The van der Waals surface area contributed by atoms with Gasteiger partial charge < -0.3 is 14.6 Å². The maximum Gasteiger partial charge on any atom is 0.307 e. The van der Waals surface area contributed by atoms with Crippen molar-refractivity contribution in [3.63, 3.8) is 0 Å². The van der Waals surface area contributed by atoms with Crippen LogP contribution in [-0.2, 0) is 11.4 Å². The Labute approximate surface area is 134 Å². The Kier molecular flexibility index (Phi) is 5.67. The van der Waals surface area contributed by atoms with Gasteiger partial charge >= 0.3 is 5.97 Å². The van der Waals surface area contributed by atoms with E-state index in [-0.39, 0.29) is 12.5 Å². The van der Waals surface area contributed by atoms with Crippen molar-refractivity contribution in [2.24, 2.45) is 0 Å². The third-order valence-corrected chi connectivity index (χ3v) is 3.19. The summed E-state index contributed by atoms with van der Waals surface area (Å²) >= 11 is 5.83. The molecule has 2 aromatic rings. The van der Waals surface area contributed by atoms with Crippen molar-refractivity contribution in [2.45, 2.75) is 26.1 Å². The Morgan fingerprint density at radius 2 is 1.68 bits per heavy atom. The largest absolute Gasteiger partial charge is 0.490 e. The lowest BCUT2D eigenvalue weighted by Crippen LogP contribution is -2.16. The highest BCUT2D eigenvalue weighted by atomic mass is 35.5. The summed E-state index contributed by atoms with van der Waals surface area (Å²) in [4.78, 5) is 10.6. The number of ether oxygens (including phenoxy) is 2. The van der Waals surface area contributed by atoms with Gasteiger partial charge in [0, 0.05) is 5.02 Å². The number of rotatable bonds is 7. The Morgan fingerprint density at radius 1 is 1.09 bits per heavy atom. The number of carbonyl (C=O) groups is 1. The van der Waals surface area contributed by atoms with E-state index in [2.05, 4.69) is 0 Å². The zero-order valence-electron chi connectivity index (χ0n) is 12.2. The second kappa shape index (κ2) is 7.71. The molecule has 0 bridgehead atoms. The predicted molar refractivity (Wildman–Crippen MR) is 84.6 cm³/mol. The third-order valence-electron chi connectivity index (χ3n) is 2.94. The van der Waals surface area contributed by atoms with Gasteiger partial charge in [0.15, 0.2) is 0 Å². The minimum absolute atomic E-state index is 0.0329. The summed E-state index contributed by atoms with van der Waals surface area (Å²) < 4.78 is 11.2. The molecule has 0 aromatic heterocycles. The van der Waals surface area contributed by atoms with Crippen molar-refractivity contribution in [1.29, 1.82) is 0 Å². The Morgan fingerprint density at radius 3 is 2.27 bits per heavy atom. The highest BCUT2D eigenvalue weighted by Crippen LogP contribution is 2.20. The second-order valence-corrected chi connectivity index (χ2v) is 5.35. The number of hydrogen-bond donors (Lipinski definition) is 1. The average molecular weight is 321 g/mol. The van der Waals surface area contributed by atoms with Gasteiger partial charge in [-0.3, -0.25) is 4.79 Å². The van der Waals surface area contributed by atoms with Crippen molar-refractivity contribution < 1.29 is 19.4 Å². The van der Waals surface area contributed by atoms with Crippen LogP contribution in [0.4, 0.5) is 0 Å². The summed E-state index contributed by atoms with van der Waals surface area (Å²) in [5.74, 6) is 0.455. The minimum atomic E-state index is -0.879. The lowest BCUT2D eigenvalue weighted by Gasteiger charge is -2.13. The van der Waals surface area contributed by atoms with Gasteiger partial charge in [-0.05, 0) is 48.9 Å². The lowest BCUT2D eigenvalue weighted by molar-refractivity contribution is -0.138. The molecular formula is C17H17ClO4. The van der Waals surface area contributed by atoms with Gasteiger partial charge in [-0.1, -0.05) is 23.7 Å². The van der Waals surface area contributed by atoms with Gasteiger partial charge in [0.25, 0.3) is 0 Å². The summed E-state index contributed by atoms with van der Waals surface area (Å²) in [6.45, 7) is 2.17. The second-order valence-electron chi connectivity index (χ2n) is 4.91. The predicted octanol–water partition coefficient (Wildman–Crippen LogP) is 4.16. The van der Waals surface area contributed by atoms with Crippen LogP contribution in [0, 0.1) is 0 Å². The fourth-order valence-electron chi connectivity index (χ4n) is 1.88. The van der Waals surface area contributed by atoms with E-state index in [0.717, 1.165) is 5.56 Å². The fraction of sp³-hybridized carbons (Fsp3) is 0.235. The van der Waals surface area contributed by atoms with Gasteiger partial charge in [0.2, 0.25) is 0 Å². The van der Waals surface area contributed by atoms with Gasteiger partial charge in [-0.2, -0.15) is 0 Å². The molecule has 0 radical (unpaired) electrons. The van der Waals surface area contributed by atoms with E-state index < -0.39 is 5.97 Å². The molecule has 0 saturated heterocycles. The fourth-order valence-corrected chi connectivity index (χ4v) is 2.01. The molecule has 1 N–H and O–H groups in total. The third kappa shape index (κ3) is 5.30. The molecule has 0 amide bonds. The molecular weight excluding hydrogens is 304 g/mol. The van der Waals surface area contributed by atoms with Crippen LogP contribution in [0.3, 0.4) is 0 Å². The highest BCUT2D eigenvalue weighted by molar-refractivity contribution is 6.30. The standard InChI is InChI=1S/C17H17ClO4/c1-12(10-17(19)20)22-16-8-6-15(7-9-16)21-11-13-2-4-14(18)5-3-13/h2-9,12H,10-11H2,1H3,(H,19,20)/t12-/m1/s1. The minimum Gasteiger partial charge on any atom is -0.490 e. The van der Waals surface area contributed by atoms with E-state index in [0.29, 0.717) is 23.1 Å². The quantitative estimate of drug-likeness (QED) is 0.832. The van der Waals surface area contributed by atoms with E-state index >= 15 is 0 Å². The molecule has 2 aromatic carbocycles. The molecule has 0 heterocycles. The van der Waals surface area contributed by atoms with E-state index in [9.17, 15) is 4.79 Å². The molecule has 22 heavy (non-hydrogen) atoms. The zero-order chi connectivity index (χ0) is 15.9. The van der Waals surface area contributed by atoms with Gasteiger partial charge in [-0.25, -0.2) is 0 Å². The molecule has 0 spiro atoms. The molecule has 0 fully saturated rings. The summed E-state index contributed by atoms with van der Waals surface area (Å²) in [6, 6.07) is 14.6. The van der Waals surface area contributed by atoms with E-state index in [1.807, 2.05) is 24.3 Å². The zero-order valence-corrected chi connectivity index (χ0v) is 12.9. The number of carboxylic acid groups (broad SMARTS) is 1. The molecule has 0 unspecified atom stereocenters. The molecule has 0 aliphatic rings. The number of aliphatic carboxylic acids is 1. The molecule has 5 heteroatoms. The van der Waals surface area contributed by atoms with Crippen LogP contribution in [0.2, 0.25) is 5.02 Å². The number of hydrogen-bond acceptors (Lipinski definition) is 3. The van der Waals surface area contributed by atoms with Crippen molar-refractivity contribution in [1.82, 2.24) is 0 Å². The van der Waals surface area contributed by atoms with Crippen molar-refractivity contribution in [2.75, 3.05) is 0 Å². The molecule has 4 nitrogen and oxygen atoms in total. The number of carboxylic acids is 1. The van der Waals surface area contributed by atoms with Crippen LogP contribution >= 0.6 is 11.6 Å². The van der Waals surface area contributed by atoms with E-state index in [4.69, 9.17) is 26.2 Å². The monoisotopic (exact) mass is 320 g/mol. The lowest BCUT2D eigenvalue weighted by atomic mass is 10.2.